The van der Waals surface area contributed by atoms with Crippen LogP contribution in [-0.2, 0) is 6.54 Å². The highest BCUT2D eigenvalue weighted by molar-refractivity contribution is 5.79. The Kier molecular flexibility index (Phi) is 2.66. The van der Waals surface area contributed by atoms with Crippen molar-refractivity contribution < 1.29 is 0 Å². The van der Waals surface area contributed by atoms with Crippen LogP contribution < -0.4 is 5.32 Å². The van der Waals surface area contributed by atoms with Crippen molar-refractivity contribution in [2.24, 2.45) is 5.92 Å². The highest BCUT2D eigenvalue weighted by Crippen LogP contribution is 2.27. The van der Waals surface area contributed by atoms with Gasteiger partial charge < -0.3 is 9.88 Å². The average Bonchev–Trinajstić information content (AvgIpc) is 3.05. The van der Waals surface area contributed by atoms with Crippen LogP contribution in [0, 0.1) is 5.92 Å². The molecule has 0 radical (unpaired) electrons. The lowest BCUT2D eigenvalue weighted by atomic mass is 10.2. The molecule has 0 atom stereocenters. The van der Waals surface area contributed by atoms with Gasteiger partial charge in [-0.3, -0.25) is 0 Å². The molecule has 2 heteroatoms. The van der Waals surface area contributed by atoms with E-state index in [2.05, 4.69) is 46.4 Å². The lowest BCUT2D eigenvalue weighted by Gasteiger charge is -2.06. The van der Waals surface area contributed by atoms with Gasteiger partial charge in [0.25, 0.3) is 0 Å². The SMILES string of the molecule is c1ccc2c(c1)ccn2CCNCC1CC1. The summed E-state index contributed by atoms with van der Waals surface area (Å²) in [6.07, 6.45) is 5.04. The number of nitrogens with one attached hydrogen (secondary N) is 1. The van der Waals surface area contributed by atoms with E-state index in [0.29, 0.717) is 0 Å². The molecule has 1 aliphatic carbocycles. The summed E-state index contributed by atoms with van der Waals surface area (Å²) in [7, 11) is 0. The second kappa shape index (κ2) is 4.30. The van der Waals surface area contributed by atoms with E-state index in [1.807, 2.05) is 0 Å². The number of fused-ring (bicyclic) bond motifs is 1. The molecule has 1 aromatic heterocycles. The van der Waals surface area contributed by atoms with E-state index in [1.54, 1.807) is 0 Å². The predicted octanol–water partition coefficient (Wildman–Crippen LogP) is 2.64. The summed E-state index contributed by atoms with van der Waals surface area (Å²) in [4.78, 5) is 0. The van der Waals surface area contributed by atoms with Crippen LogP contribution in [0.2, 0.25) is 0 Å². The molecule has 3 rings (SSSR count). The summed E-state index contributed by atoms with van der Waals surface area (Å²) in [6, 6.07) is 10.8. The van der Waals surface area contributed by atoms with E-state index >= 15 is 0 Å². The van der Waals surface area contributed by atoms with Crippen molar-refractivity contribution in [2.45, 2.75) is 19.4 Å². The number of para-hydroxylation sites is 1. The number of rotatable bonds is 5. The monoisotopic (exact) mass is 214 g/mol. The van der Waals surface area contributed by atoms with Crippen LogP contribution in [0.5, 0.6) is 0 Å². The molecular formula is C14H18N2. The van der Waals surface area contributed by atoms with Crippen LogP contribution in [-0.4, -0.2) is 17.7 Å². The zero-order chi connectivity index (χ0) is 10.8. The van der Waals surface area contributed by atoms with Gasteiger partial charge in [-0.05, 0) is 42.8 Å². The van der Waals surface area contributed by atoms with E-state index in [4.69, 9.17) is 0 Å². The fourth-order valence-corrected chi connectivity index (χ4v) is 2.16. The molecule has 0 amide bonds. The zero-order valence-electron chi connectivity index (χ0n) is 9.52. The Morgan fingerprint density at radius 3 is 2.94 bits per heavy atom. The van der Waals surface area contributed by atoms with Crippen LogP contribution in [0.4, 0.5) is 0 Å². The summed E-state index contributed by atoms with van der Waals surface area (Å²) in [5, 5.41) is 4.87. The molecule has 0 aliphatic heterocycles. The maximum atomic E-state index is 3.53. The lowest BCUT2D eigenvalue weighted by molar-refractivity contribution is 0.584. The summed E-state index contributed by atoms with van der Waals surface area (Å²) < 4.78 is 2.33. The van der Waals surface area contributed by atoms with Crippen LogP contribution in [0.15, 0.2) is 36.5 Å². The molecule has 1 heterocycles. The Balaban J connectivity index is 1.60. The van der Waals surface area contributed by atoms with Crippen LogP contribution >= 0.6 is 0 Å². The van der Waals surface area contributed by atoms with Gasteiger partial charge in [0.15, 0.2) is 0 Å². The first-order valence-corrected chi connectivity index (χ1v) is 6.18. The summed E-state index contributed by atoms with van der Waals surface area (Å²) >= 11 is 0. The molecular weight excluding hydrogens is 196 g/mol. The van der Waals surface area contributed by atoms with Crippen molar-refractivity contribution in [2.75, 3.05) is 13.1 Å². The van der Waals surface area contributed by atoms with Gasteiger partial charge in [0, 0.05) is 24.8 Å². The maximum Gasteiger partial charge on any atom is 0.0480 e. The van der Waals surface area contributed by atoms with Crippen LogP contribution in [0.25, 0.3) is 10.9 Å². The van der Waals surface area contributed by atoms with Crippen molar-refractivity contribution in [1.29, 1.82) is 0 Å². The Morgan fingerprint density at radius 2 is 2.06 bits per heavy atom. The molecule has 0 spiro atoms. The number of nitrogens with zero attached hydrogens (tertiary/aromatic N) is 1. The number of aromatic nitrogens is 1. The molecule has 1 aromatic carbocycles. The third-order valence-corrected chi connectivity index (χ3v) is 3.34. The van der Waals surface area contributed by atoms with Crippen molar-refractivity contribution in [3.63, 3.8) is 0 Å². The Bertz CT molecular complexity index is 468. The van der Waals surface area contributed by atoms with Gasteiger partial charge in [-0.25, -0.2) is 0 Å². The molecule has 1 fully saturated rings. The number of hydrogen-bond acceptors (Lipinski definition) is 1. The van der Waals surface area contributed by atoms with Gasteiger partial charge in [0.05, 0.1) is 0 Å². The molecule has 1 N–H and O–H groups in total. The molecule has 84 valence electrons. The fourth-order valence-electron chi connectivity index (χ4n) is 2.16. The van der Waals surface area contributed by atoms with Crippen molar-refractivity contribution >= 4 is 10.9 Å². The van der Waals surface area contributed by atoms with Gasteiger partial charge >= 0.3 is 0 Å². The third kappa shape index (κ3) is 2.12. The van der Waals surface area contributed by atoms with E-state index < -0.39 is 0 Å². The summed E-state index contributed by atoms with van der Waals surface area (Å²) in [6.45, 7) is 3.36. The largest absolute Gasteiger partial charge is 0.346 e. The molecule has 1 aliphatic rings. The summed E-state index contributed by atoms with van der Waals surface area (Å²) in [5.74, 6) is 0.974. The van der Waals surface area contributed by atoms with E-state index in [1.165, 1.54) is 30.3 Å². The minimum Gasteiger partial charge on any atom is -0.346 e. The first kappa shape index (κ1) is 9.91. The van der Waals surface area contributed by atoms with Gasteiger partial charge in [-0.1, -0.05) is 18.2 Å². The minimum atomic E-state index is 0.974. The second-order valence-corrected chi connectivity index (χ2v) is 4.72. The highest BCUT2D eigenvalue weighted by Gasteiger charge is 2.19. The van der Waals surface area contributed by atoms with E-state index in [9.17, 15) is 0 Å². The average molecular weight is 214 g/mol. The maximum absolute atomic E-state index is 3.53. The third-order valence-electron chi connectivity index (χ3n) is 3.34. The fraction of sp³-hybridized carbons (Fsp3) is 0.429. The van der Waals surface area contributed by atoms with Crippen molar-refractivity contribution in [3.05, 3.63) is 36.5 Å². The molecule has 2 aromatic rings. The number of benzene rings is 1. The highest BCUT2D eigenvalue weighted by atomic mass is 15.0. The normalized spacial score (nSPS) is 15.8. The Morgan fingerprint density at radius 1 is 1.19 bits per heavy atom. The van der Waals surface area contributed by atoms with Gasteiger partial charge in [0.1, 0.15) is 0 Å². The molecule has 0 bridgehead atoms. The van der Waals surface area contributed by atoms with Crippen LogP contribution in [0.1, 0.15) is 12.8 Å². The quantitative estimate of drug-likeness (QED) is 0.757. The topological polar surface area (TPSA) is 17.0 Å². The van der Waals surface area contributed by atoms with Crippen LogP contribution in [0.3, 0.4) is 0 Å². The smallest absolute Gasteiger partial charge is 0.0480 e. The first-order chi connectivity index (χ1) is 7.93. The minimum absolute atomic E-state index is 0.974. The molecule has 0 unspecified atom stereocenters. The van der Waals surface area contributed by atoms with Gasteiger partial charge in [-0.2, -0.15) is 0 Å². The van der Waals surface area contributed by atoms with Gasteiger partial charge in [-0.15, -0.1) is 0 Å². The molecule has 1 saturated carbocycles. The Labute approximate surface area is 96.3 Å². The van der Waals surface area contributed by atoms with Crippen molar-refractivity contribution in [3.8, 4) is 0 Å². The predicted molar refractivity (Wildman–Crippen MR) is 67.5 cm³/mol. The Hall–Kier alpha value is -1.28. The van der Waals surface area contributed by atoms with E-state index in [-0.39, 0.29) is 0 Å². The molecule has 2 nitrogen and oxygen atoms in total. The van der Waals surface area contributed by atoms with Crippen molar-refractivity contribution in [1.82, 2.24) is 9.88 Å². The van der Waals surface area contributed by atoms with Gasteiger partial charge in [0.2, 0.25) is 0 Å². The molecule has 0 saturated heterocycles. The standard InChI is InChI=1S/C14H18N2/c1-2-4-14-13(3-1)7-9-16(14)10-8-15-11-12-5-6-12/h1-4,7,9,12,15H,5-6,8,10-11H2. The molecule has 16 heavy (non-hydrogen) atoms. The summed E-state index contributed by atoms with van der Waals surface area (Å²) in [5.41, 5.74) is 1.34. The second-order valence-electron chi connectivity index (χ2n) is 4.72. The zero-order valence-corrected chi connectivity index (χ0v) is 9.52. The first-order valence-electron chi connectivity index (χ1n) is 6.18. The number of hydrogen-bond donors (Lipinski definition) is 1. The van der Waals surface area contributed by atoms with E-state index in [0.717, 1.165) is 19.0 Å². The lowest BCUT2D eigenvalue weighted by Crippen LogP contribution is -2.21.